The number of hydrogen-bond acceptors (Lipinski definition) is 6. The Bertz CT molecular complexity index is 617. The first kappa shape index (κ1) is 21.9. The normalized spacial score (nSPS) is 18.3. The smallest absolute Gasteiger partial charge is 0.326 e. The molecule has 1 atom stereocenters. The standard InChI is InChI=1S/C19H29NO6/c1-11(16-13(21)9-19(5,6)10-14(16)22)20-12(17(24)25)7-8-15(23)26-18(2,3)4/h12,20H,7-10H2,1-6H3,(H,24,25)/t12-/m0/s1. The number of allylic oxidation sites excluding steroid dienone is 2. The van der Waals surface area contributed by atoms with E-state index in [1.807, 2.05) is 13.8 Å². The Hall–Kier alpha value is -2.18. The molecule has 1 aliphatic rings. The van der Waals surface area contributed by atoms with E-state index in [9.17, 15) is 24.3 Å². The molecule has 0 aromatic rings. The summed E-state index contributed by atoms with van der Waals surface area (Å²) in [6.07, 6.45) is 0.382. The molecule has 146 valence electrons. The summed E-state index contributed by atoms with van der Waals surface area (Å²) in [6, 6.07) is -1.09. The van der Waals surface area contributed by atoms with E-state index in [0.29, 0.717) is 0 Å². The van der Waals surface area contributed by atoms with Crippen LogP contribution in [0.4, 0.5) is 0 Å². The van der Waals surface area contributed by atoms with Crippen molar-refractivity contribution in [2.75, 3.05) is 0 Å². The van der Waals surface area contributed by atoms with Crippen molar-refractivity contribution in [3.05, 3.63) is 11.3 Å². The van der Waals surface area contributed by atoms with E-state index in [2.05, 4.69) is 5.32 Å². The quantitative estimate of drug-likeness (QED) is 0.421. The molecule has 0 aromatic carbocycles. The van der Waals surface area contributed by atoms with E-state index < -0.39 is 23.6 Å². The Labute approximate surface area is 154 Å². The minimum Gasteiger partial charge on any atom is -0.480 e. The second kappa shape index (κ2) is 8.01. The summed E-state index contributed by atoms with van der Waals surface area (Å²) in [5.41, 5.74) is -0.754. The van der Waals surface area contributed by atoms with Crippen LogP contribution >= 0.6 is 0 Å². The lowest BCUT2D eigenvalue weighted by Crippen LogP contribution is -2.40. The Kier molecular flexibility index (Phi) is 6.74. The van der Waals surface area contributed by atoms with Crippen LogP contribution in [0.25, 0.3) is 0 Å². The van der Waals surface area contributed by atoms with E-state index in [1.54, 1.807) is 20.8 Å². The predicted octanol–water partition coefficient (Wildman–Crippen LogP) is 2.38. The lowest BCUT2D eigenvalue weighted by Gasteiger charge is -2.30. The van der Waals surface area contributed by atoms with Gasteiger partial charge in [0.25, 0.3) is 0 Å². The third kappa shape index (κ3) is 6.61. The van der Waals surface area contributed by atoms with Gasteiger partial charge in [0.2, 0.25) is 0 Å². The number of esters is 1. The molecule has 1 rings (SSSR count). The molecular weight excluding hydrogens is 338 g/mol. The highest BCUT2D eigenvalue weighted by atomic mass is 16.6. The number of carbonyl (C=O) groups excluding carboxylic acids is 3. The molecule has 1 aliphatic carbocycles. The maximum atomic E-state index is 12.3. The first-order chi connectivity index (χ1) is 11.7. The van der Waals surface area contributed by atoms with Crippen LogP contribution in [0, 0.1) is 5.41 Å². The Morgan fingerprint density at radius 2 is 1.69 bits per heavy atom. The number of Topliss-reactive ketones (excluding diaryl/α,β-unsaturated/α-hetero) is 2. The van der Waals surface area contributed by atoms with Crippen LogP contribution < -0.4 is 5.32 Å². The molecule has 0 amide bonds. The van der Waals surface area contributed by atoms with Crippen LogP contribution in [0.3, 0.4) is 0 Å². The maximum absolute atomic E-state index is 12.3. The van der Waals surface area contributed by atoms with Gasteiger partial charge in [-0.05, 0) is 39.5 Å². The Morgan fingerprint density at radius 1 is 1.19 bits per heavy atom. The molecule has 0 heterocycles. The highest BCUT2D eigenvalue weighted by molar-refractivity contribution is 6.22. The first-order valence-corrected chi connectivity index (χ1v) is 8.70. The van der Waals surface area contributed by atoms with Gasteiger partial charge in [0.15, 0.2) is 11.6 Å². The fourth-order valence-corrected chi connectivity index (χ4v) is 2.93. The van der Waals surface area contributed by atoms with E-state index in [4.69, 9.17) is 4.74 Å². The second-order valence-corrected chi connectivity index (χ2v) is 8.52. The van der Waals surface area contributed by atoms with E-state index >= 15 is 0 Å². The van der Waals surface area contributed by atoms with E-state index in [1.165, 1.54) is 6.92 Å². The van der Waals surface area contributed by atoms with E-state index in [0.717, 1.165) is 0 Å². The Morgan fingerprint density at radius 3 is 2.12 bits per heavy atom. The molecule has 0 radical (unpaired) electrons. The van der Waals surface area contributed by atoms with Crippen molar-refractivity contribution >= 4 is 23.5 Å². The van der Waals surface area contributed by atoms with Crippen molar-refractivity contribution in [3.8, 4) is 0 Å². The number of rotatable bonds is 6. The third-order valence-electron chi connectivity index (χ3n) is 3.96. The molecule has 0 saturated heterocycles. The molecule has 7 nitrogen and oxygen atoms in total. The van der Waals surface area contributed by atoms with Gasteiger partial charge in [-0.25, -0.2) is 4.79 Å². The molecule has 7 heteroatoms. The Balaban J connectivity index is 2.84. The van der Waals surface area contributed by atoms with Crippen molar-refractivity contribution in [3.63, 3.8) is 0 Å². The van der Waals surface area contributed by atoms with Gasteiger partial charge >= 0.3 is 11.9 Å². The number of ketones is 2. The van der Waals surface area contributed by atoms with Crippen molar-refractivity contribution in [1.82, 2.24) is 5.32 Å². The highest BCUT2D eigenvalue weighted by Gasteiger charge is 2.37. The largest absolute Gasteiger partial charge is 0.480 e. The van der Waals surface area contributed by atoms with Crippen LogP contribution in [0.5, 0.6) is 0 Å². The van der Waals surface area contributed by atoms with Crippen LogP contribution in [-0.2, 0) is 23.9 Å². The average Bonchev–Trinajstić information content (AvgIpc) is 2.38. The maximum Gasteiger partial charge on any atom is 0.326 e. The highest BCUT2D eigenvalue weighted by Crippen LogP contribution is 2.34. The minimum atomic E-state index is -1.16. The summed E-state index contributed by atoms with van der Waals surface area (Å²) in [5, 5.41) is 12.1. The summed E-state index contributed by atoms with van der Waals surface area (Å²) in [7, 11) is 0. The number of carboxylic acids is 1. The van der Waals surface area contributed by atoms with Gasteiger partial charge in [0.1, 0.15) is 11.6 Å². The number of carboxylic acid groups (broad SMARTS) is 1. The number of hydrogen-bond donors (Lipinski definition) is 2. The van der Waals surface area contributed by atoms with Crippen LogP contribution in [0.15, 0.2) is 11.3 Å². The molecule has 0 spiro atoms. The molecule has 0 aliphatic heterocycles. The molecule has 0 aromatic heterocycles. The number of carbonyl (C=O) groups is 4. The summed E-state index contributed by atoms with van der Waals surface area (Å²) in [5.74, 6) is -2.23. The number of ether oxygens (including phenoxy) is 1. The molecule has 1 fully saturated rings. The molecule has 0 unspecified atom stereocenters. The predicted molar refractivity (Wildman–Crippen MR) is 95.4 cm³/mol. The summed E-state index contributed by atoms with van der Waals surface area (Å²) >= 11 is 0. The zero-order chi connectivity index (χ0) is 20.3. The summed E-state index contributed by atoms with van der Waals surface area (Å²) in [4.78, 5) is 47.9. The van der Waals surface area contributed by atoms with Crippen molar-refractivity contribution in [1.29, 1.82) is 0 Å². The van der Waals surface area contributed by atoms with Gasteiger partial charge < -0.3 is 15.2 Å². The van der Waals surface area contributed by atoms with Crippen LogP contribution in [0.2, 0.25) is 0 Å². The van der Waals surface area contributed by atoms with Crippen molar-refractivity contribution in [2.24, 2.45) is 5.41 Å². The average molecular weight is 367 g/mol. The van der Waals surface area contributed by atoms with Gasteiger partial charge in [-0.1, -0.05) is 13.8 Å². The van der Waals surface area contributed by atoms with Crippen LogP contribution in [0.1, 0.15) is 67.2 Å². The van der Waals surface area contributed by atoms with Gasteiger partial charge in [0, 0.05) is 25.0 Å². The number of nitrogens with one attached hydrogen (secondary N) is 1. The molecular formula is C19H29NO6. The fraction of sp³-hybridized carbons (Fsp3) is 0.684. The topological polar surface area (TPSA) is 110 Å². The van der Waals surface area contributed by atoms with Gasteiger partial charge in [-0.3, -0.25) is 14.4 Å². The monoisotopic (exact) mass is 367 g/mol. The molecule has 1 saturated carbocycles. The second-order valence-electron chi connectivity index (χ2n) is 8.52. The zero-order valence-electron chi connectivity index (χ0n) is 16.4. The van der Waals surface area contributed by atoms with Gasteiger partial charge in [-0.15, -0.1) is 0 Å². The lowest BCUT2D eigenvalue weighted by molar-refractivity contribution is -0.155. The molecule has 0 bridgehead atoms. The van der Waals surface area contributed by atoms with Crippen molar-refractivity contribution < 1.29 is 29.0 Å². The lowest BCUT2D eigenvalue weighted by atomic mass is 9.73. The SMILES string of the molecule is CC(N[C@@H](CCC(=O)OC(C)(C)C)C(=O)O)=C1C(=O)CC(C)(C)CC1=O. The first-order valence-electron chi connectivity index (χ1n) is 8.70. The third-order valence-corrected chi connectivity index (χ3v) is 3.96. The summed E-state index contributed by atoms with van der Waals surface area (Å²) < 4.78 is 5.17. The minimum absolute atomic E-state index is 0.0112. The van der Waals surface area contributed by atoms with Gasteiger partial charge in [-0.2, -0.15) is 0 Å². The summed E-state index contributed by atoms with van der Waals surface area (Å²) in [6.45, 7) is 10.4. The van der Waals surface area contributed by atoms with E-state index in [-0.39, 0.29) is 53.9 Å². The van der Waals surface area contributed by atoms with Crippen LogP contribution in [-0.4, -0.2) is 40.3 Å². The van der Waals surface area contributed by atoms with Gasteiger partial charge in [0.05, 0.1) is 5.57 Å². The number of aliphatic carboxylic acids is 1. The fourth-order valence-electron chi connectivity index (χ4n) is 2.93. The molecule has 2 N–H and O–H groups in total. The van der Waals surface area contributed by atoms with Crippen molar-refractivity contribution in [2.45, 2.75) is 78.9 Å². The molecule has 26 heavy (non-hydrogen) atoms. The zero-order valence-corrected chi connectivity index (χ0v) is 16.4.